The van der Waals surface area contributed by atoms with E-state index >= 15 is 0 Å². The number of morpholine rings is 1. The summed E-state index contributed by atoms with van der Waals surface area (Å²) < 4.78 is 10.9. The first-order chi connectivity index (χ1) is 11.2. The maximum atomic E-state index is 5.53. The van der Waals surface area contributed by atoms with Crippen LogP contribution >= 0.6 is 0 Å². The lowest BCUT2D eigenvalue weighted by Crippen LogP contribution is -2.36. The Morgan fingerprint density at radius 1 is 1.09 bits per heavy atom. The van der Waals surface area contributed by atoms with E-state index in [0.29, 0.717) is 5.95 Å². The number of hydrogen-bond acceptors (Lipinski definition) is 6. The Kier molecular flexibility index (Phi) is 4.62. The number of aromatic nitrogens is 2. The van der Waals surface area contributed by atoms with Crippen LogP contribution in [0.4, 0.5) is 17.3 Å². The van der Waals surface area contributed by atoms with Crippen LogP contribution < -0.4 is 15.0 Å². The molecule has 0 saturated carbocycles. The molecule has 2 heterocycles. The summed E-state index contributed by atoms with van der Waals surface area (Å²) in [6.07, 6.45) is 0. The molecule has 6 nitrogen and oxygen atoms in total. The topological polar surface area (TPSA) is 59.5 Å². The van der Waals surface area contributed by atoms with Crippen molar-refractivity contribution in [2.45, 2.75) is 13.8 Å². The van der Waals surface area contributed by atoms with E-state index in [1.54, 1.807) is 7.11 Å². The number of anilines is 3. The van der Waals surface area contributed by atoms with Gasteiger partial charge in [-0.05, 0) is 32.0 Å². The molecule has 0 bridgehead atoms. The van der Waals surface area contributed by atoms with Gasteiger partial charge in [0.2, 0.25) is 5.95 Å². The van der Waals surface area contributed by atoms with Gasteiger partial charge in [-0.2, -0.15) is 0 Å². The summed E-state index contributed by atoms with van der Waals surface area (Å²) >= 11 is 0. The molecule has 23 heavy (non-hydrogen) atoms. The molecule has 3 rings (SSSR count). The molecule has 0 radical (unpaired) electrons. The minimum absolute atomic E-state index is 0.583. The third kappa shape index (κ3) is 3.71. The number of rotatable bonds is 4. The minimum atomic E-state index is 0.583. The van der Waals surface area contributed by atoms with Gasteiger partial charge in [0.05, 0.1) is 26.0 Å². The van der Waals surface area contributed by atoms with Gasteiger partial charge in [0.1, 0.15) is 5.75 Å². The maximum absolute atomic E-state index is 5.53. The molecule has 1 saturated heterocycles. The zero-order valence-electron chi connectivity index (χ0n) is 13.8. The van der Waals surface area contributed by atoms with Crippen molar-refractivity contribution in [2.75, 3.05) is 43.6 Å². The number of benzene rings is 1. The first-order valence-corrected chi connectivity index (χ1v) is 7.76. The lowest BCUT2D eigenvalue weighted by Gasteiger charge is -2.29. The van der Waals surface area contributed by atoms with Crippen molar-refractivity contribution in [3.05, 3.63) is 35.7 Å². The second-order valence-corrected chi connectivity index (χ2v) is 5.58. The smallest absolute Gasteiger partial charge is 0.227 e. The third-order valence-corrected chi connectivity index (χ3v) is 3.79. The Morgan fingerprint density at radius 2 is 1.78 bits per heavy atom. The van der Waals surface area contributed by atoms with Gasteiger partial charge < -0.3 is 19.7 Å². The number of methoxy groups -OCH3 is 1. The molecule has 1 fully saturated rings. The molecule has 1 aliphatic rings. The predicted molar refractivity (Wildman–Crippen MR) is 90.8 cm³/mol. The molecule has 1 aromatic heterocycles. The fourth-order valence-corrected chi connectivity index (χ4v) is 2.70. The summed E-state index contributed by atoms with van der Waals surface area (Å²) in [5.41, 5.74) is 3.86. The summed E-state index contributed by atoms with van der Waals surface area (Å²) in [5.74, 6) is 1.36. The van der Waals surface area contributed by atoms with Crippen LogP contribution in [0, 0.1) is 13.8 Å². The molecule has 1 N–H and O–H groups in total. The second-order valence-electron chi connectivity index (χ2n) is 5.58. The van der Waals surface area contributed by atoms with Crippen LogP contribution in [0.25, 0.3) is 0 Å². The number of nitrogens with zero attached hydrogens (tertiary/aromatic N) is 3. The van der Waals surface area contributed by atoms with Crippen LogP contribution in [0.5, 0.6) is 5.75 Å². The van der Waals surface area contributed by atoms with E-state index in [1.807, 2.05) is 32.0 Å². The molecular formula is C17H22N4O2. The largest absolute Gasteiger partial charge is 0.494 e. The quantitative estimate of drug-likeness (QED) is 0.936. The number of aryl methyl sites for hydroxylation is 2. The van der Waals surface area contributed by atoms with Gasteiger partial charge in [-0.3, -0.25) is 0 Å². The Morgan fingerprint density at radius 3 is 2.43 bits per heavy atom. The van der Waals surface area contributed by atoms with E-state index < -0.39 is 0 Å². The number of hydrogen-bond donors (Lipinski definition) is 1. The fourth-order valence-electron chi connectivity index (χ4n) is 2.70. The molecule has 0 spiro atoms. The lowest BCUT2D eigenvalue weighted by molar-refractivity contribution is 0.122. The molecule has 0 aliphatic carbocycles. The van der Waals surface area contributed by atoms with E-state index in [-0.39, 0.29) is 0 Å². The first-order valence-electron chi connectivity index (χ1n) is 7.76. The number of ether oxygens (including phenoxy) is 2. The molecule has 0 amide bonds. The Labute approximate surface area is 136 Å². The molecule has 0 unspecified atom stereocenters. The SMILES string of the molecule is COc1cc(N2CCOCC2)ccc1Nc1nc(C)cc(C)n1. The van der Waals surface area contributed by atoms with Gasteiger partial charge in [0.25, 0.3) is 0 Å². The molecular weight excluding hydrogens is 292 g/mol. The van der Waals surface area contributed by atoms with E-state index in [1.165, 1.54) is 0 Å². The molecule has 0 atom stereocenters. The van der Waals surface area contributed by atoms with Gasteiger partial charge in [0, 0.05) is 36.2 Å². The van der Waals surface area contributed by atoms with Crippen LogP contribution in [-0.4, -0.2) is 43.4 Å². The van der Waals surface area contributed by atoms with Crippen molar-refractivity contribution in [3.63, 3.8) is 0 Å². The summed E-state index contributed by atoms with van der Waals surface area (Å²) in [5, 5.41) is 3.24. The summed E-state index contributed by atoms with van der Waals surface area (Å²) in [6, 6.07) is 8.07. The van der Waals surface area contributed by atoms with Crippen molar-refractivity contribution >= 4 is 17.3 Å². The Bertz CT molecular complexity index is 664. The fraction of sp³-hybridized carbons (Fsp3) is 0.412. The van der Waals surface area contributed by atoms with Gasteiger partial charge >= 0.3 is 0 Å². The van der Waals surface area contributed by atoms with Crippen molar-refractivity contribution in [1.29, 1.82) is 0 Å². The highest BCUT2D eigenvalue weighted by Gasteiger charge is 2.14. The van der Waals surface area contributed by atoms with E-state index in [9.17, 15) is 0 Å². The van der Waals surface area contributed by atoms with E-state index in [2.05, 4.69) is 26.3 Å². The minimum Gasteiger partial charge on any atom is -0.494 e. The highest BCUT2D eigenvalue weighted by Crippen LogP contribution is 2.31. The van der Waals surface area contributed by atoms with Crippen molar-refractivity contribution in [3.8, 4) is 5.75 Å². The molecule has 2 aromatic rings. The highest BCUT2D eigenvalue weighted by molar-refractivity contribution is 5.68. The predicted octanol–water partition coefficient (Wildman–Crippen LogP) is 2.68. The van der Waals surface area contributed by atoms with E-state index in [4.69, 9.17) is 9.47 Å². The standard InChI is InChI=1S/C17H22N4O2/c1-12-10-13(2)19-17(18-12)20-15-5-4-14(11-16(15)22-3)21-6-8-23-9-7-21/h4-5,10-11H,6-9H2,1-3H3,(H,18,19,20). The van der Waals surface area contributed by atoms with Crippen LogP contribution in [0.2, 0.25) is 0 Å². The molecule has 6 heteroatoms. The van der Waals surface area contributed by atoms with Crippen LogP contribution in [-0.2, 0) is 4.74 Å². The van der Waals surface area contributed by atoms with Gasteiger partial charge in [-0.15, -0.1) is 0 Å². The summed E-state index contributed by atoms with van der Waals surface area (Å²) in [4.78, 5) is 11.1. The average molecular weight is 314 g/mol. The number of nitrogens with one attached hydrogen (secondary N) is 1. The average Bonchev–Trinajstić information content (AvgIpc) is 2.55. The molecule has 1 aliphatic heterocycles. The van der Waals surface area contributed by atoms with Crippen LogP contribution in [0.1, 0.15) is 11.4 Å². The zero-order valence-corrected chi connectivity index (χ0v) is 13.8. The Hall–Kier alpha value is -2.34. The van der Waals surface area contributed by atoms with Crippen LogP contribution in [0.15, 0.2) is 24.3 Å². The van der Waals surface area contributed by atoms with E-state index in [0.717, 1.165) is 54.8 Å². The van der Waals surface area contributed by atoms with Gasteiger partial charge in [-0.1, -0.05) is 0 Å². The summed E-state index contributed by atoms with van der Waals surface area (Å²) in [6.45, 7) is 7.24. The van der Waals surface area contributed by atoms with Gasteiger partial charge in [0.15, 0.2) is 0 Å². The zero-order chi connectivity index (χ0) is 16.2. The molecule has 1 aromatic carbocycles. The van der Waals surface area contributed by atoms with Gasteiger partial charge in [-0.25, -0.2) is 9.97 Å². The third-order valence-electron chi connectivity index (χ3n) is 3.79. The Balaban J connectivity index is 1.84. The lowest BCUT2D eigenvalue weighted by atomic mass is 10.2. The molecule has 122 valence electrons. The monoisotopic (exact) mass is 314 g/mol. The van der Waals surface area contributed by atoms with Crippen molar-refractivity contribution < 1.29 is 9.47 Å². The summed E-state index contributed by atoms with van der Waals surface area (Å²) in [7, 11) is 1.67. The second kappa shape index (κ2) is 6.83. The maximum Gasteiger partial charge on any atom is 0.227 e. The first kappa shape index (κ1) is 15.6. The van der Waals surface area contributed by atoms with Crippen molar-refractivity contribution in [1.82, 2.24) is 9.97 Å². The highest BCUT2D eigenvalue weighted by atomic mass is 16.5. The normalized spacial score (nSPS) is 14.7. The van der Waals surface area contributed by atoms with Crippen molar-refractivity contribution in [2.24, 2.45) is 0 Å². The van der Waals surface area contributed by atoms with Crippen LogP contribution in [0.3, 0.4) is 0 Å².